The molecular weight excluding hydrogens is 342 g/mol. The summed E-state index contributed by atoms with van der Waals surface area (Å²) in [6, 6.07) is 6.63. The van der Waals surface area contributed by atoms with Gasteiger partial charge < -0.3 is 14.3 Å². The molecule has 0 aliphatic rings. The molecule has 0 radical (unpaired) electrons. The Morgan fingerprint density at radius 1 is 1.22 bits per heavy atom. The molecule has 6 nitrogen and oxygen atoms in total. The van der Waals surface area contributed by atoms with Crippen LogP contribution in [0.2, 0.25) is 5.02 Å². The van der Waals surface area contributed by atoms with E-state index in [0.29, 0.717) is 34.1 Å². The molecule has 2 aromatic rings. The van der Waals surface area contributed by atoms with Gasteiger partial charge in [-0.3, -0.25) is 0 Å². The molecule has 0 bridgehead atoms. The van der Waals surface area contributed by atoms with E-state index in [1.165, 1.54) is 19.2 Å². The second-order valence-electron chi connectivity index (χ2n) is 4.70. The van der Waals surface area contributed by atoms with Gasteiger partial charge in [-0.15, -0.1) is 0 Å². The molecule has 2 rings (SSSR count). The minimum Gasteiger partial charge on any atom is -0.495 e. The maximum absolute atomic E-state index is 12.5. The van der Waals surface area contributed by atoms with Crippen molar-refractivity contribution in [2.24, 2.45) is 0 Å². The average Bonchev–Trinajstić information content (AvgIpc) is 2.54. The quantitative estimate of drug-likeness (QED) is 0.766. The van der Waals surface area contributed by atoms with E-state index >= 15 is 0 Å². The van der Waals surface area contributed by atoms with Crippen molar-refractivity contribution in [2.45, 2.75) is 17.4 Å². The minimum absolute atomic E-state index is 0.0303. The van der Waals surface area contributed by atoms with Crippen LogP contribution in [0.25, 0.3) is 10.8 Å². The van der Waals surface area contributed by atoms with Crippen molar-refractivity contribution in [2.75, 3.05) is 7.11 Å². The van der Waals surface area contributed by atoms with Crippen molar-refractivity contribution in [1.82, 2.24) is 4.72 Å². The molecule has 0 heterocycles. The highest BCUT2D eigenvalue weighted by atomic mass is 35.5. The van der Waals surface area contributed by atoms with Crippen LogP contribution in [0.5, 0.6) is 5.75 Å². The van der Waals surface area contributed by atoms with Crippen molar-refractivity contribution in [3.05, 3.63) is 35.4 Å². The number of hydrogen-bond donors (Lipinski definition) is 1. The van der Waals surface area contributed by atoms with Crippen molar-refractivity contribution >= 4 is 45.0 Å². The Hall–Kier alpha value is -1.96. The number of ether oxygens (including phenoxy) is 1. The maximum Gasteiger partial charge on any atom is 0.241 e. The van der Waals surface area contributed by atoms with Crippen LogP contribution in [-0.4, -0.2) is 34.1 Å². The van der Waals surface area contributed by atoms with Crippen molar-refractivity contribution < 1.29 is 22.7 Å². The van der Waals surface area contributed by atoms with Crippen LogP contribution in [0.3, 0.4) is 0 Å². The highest BCUT2D eigenvalue weighted by molar-refractivity contribution is 7.89. The molecule has 2 aromatic carbocycles. The van der Waals surface area contributed by atoms with Crippen LogP contribution in [0.4, 0.5) is 0 Å². The highest BCUT2D eigenvalue weighted by Crippen LogP contribution is 2.35. The summed E-state index contributed by atoms with van der Waals surface area (Å²) in [6.45, 7) is 0. The Morgan fingerprint density at radius 3 is 2.57 bits per heavy atom. The molecule has 122 valence electrons. The van der Waals surface area contributed by atoms with Crippen molar-refractivity contribution in [3.63, 3.8) is 0 Å². The molecule has 1 atom stereocenters. The summed E-state index contributed by atoms with van der Waals surface area (Å²) in [5, 5.41) is 1.19. The zero-order valence-corrected chi connectivity index (χ0v) is 13.7. The van der Waals surface area contributed by atoms with Gasteiger partial charge in [0.25, 0.3) is 0 Å². The largest absolute Gasteiger partial charge is 0.495 e. The number of aldehydes is 2. The van der Waals surface area contributed by atoms with Crippen LogP contribution in [0.1, 0.15) is 6.42 Å². The maximum atomic E-state index is 12.5. The lowest BCUT2D eigenvalue weighted by atomic mass is 10.1. The number of benzene rings is 2. The van der Waals surface area contributed by atoms with Crippen LogP contribution in [-0.2, 0) is 19.6 Å². The third-order valence-electron chi connectivity index (χ3n) is 3.25. The Balaban J connectivity index is 2.57. The number of nitrogens with one attached hydrogen (secondary N) is 1. The summed E-state index contributed by atoms with van der Waals surface area (Å²) in [4.78, 5) is 21.4. The Labute approximate surface area is 138 Å². The third-order valence-corrected chi connectivity index (χ3v) is 5.19. The van der Waals surface area contributed by atoms with Gasteiger partial charge in [-0.2, -0.15) is 0 Å². The van der Waals surface area contributed by atoms with Crippen molar-refractivity contribution in [3.8, 4) is 5.75 Å². The summed E-state index contributed by atoms with van der Waals surface area (Å²) >= 11 is 6.20. The number of carbonyl (C=O) groups is 2. The van der Waals surface area contributed by atoms with E-state index in [0.717, 1.165) is 0 Å². The Kier molecular flexibility index (Phi) is 5.35. The number of rotatable bonds is 7. The molecule has 1 N–H and O–H groups in total. The zero-order chi connectivity index (χ0) is 17.0. The van der Waals surface area contributed by atoms with E-state index < -0.39 is 16.1 Å². The van der Waals surface area contributed by atoms with E-state index in [2.05, 4.69) is 4.72 Å². The van der Waals surface area contributed by atoms with Gasteiger partial charge in [-0.1, -0.05) is 23.7 Å². The molecule has 0 aromatic heterocycles. The number of fused-ring (bicyclic) bond motifs is 1. The average molecular weight is 356 g/mol. The summed E-state index contributed by atoms with van der Waals surface area (Å²) in [7, 11) is -2.53. The molecule has 0 spiro atoms. The Bertz CT molecular complexity index is 850. The second-order valence-corrected chi connectivity index (χ2v) is 6.76. The predicted octanol–water partition coefficient (Wildman–Crippen LogP) is 1.94. The van der Waals surface area contributed by atoms with Gasteiger partial charge in [0, 0.05) is 17.2 Å². The lowest BCUT2D eigenvalue weighted by Crippen LogP contribution is -2.36. The summed E-state index contributed by atoms with van der Waals surface area (Å²) < 4.78 is 32.3. The van der Waals surface area contributed by atoms with Gasteiger partial charge in [0.15, 0.2) is 0 Å². The molecule has 0 fully saturated rings. The SMILES string of the molecule is COc1ccc2c(S(=O)(=O)N[C@H](C=O)CC=O)cccc2c1Cl. The summed E-state index contributed by atoms with van der Waals surface area (Å²) in [5.74, 6) is 0.424. The number of methoxy groups -OCH3 is 1. The molecule has 0 aliphatic heterocycles. The second kappa shape index (κ2) is 7.08. The lowest BCUT2D eigenvalue weighted by Gasteiger charge is -2.14. The number of sulfonamides is 1. The van der Waals surface area contributed by atoms with Gasteiger partial charge in [0.05, 0.1) is 23.1 Å². The number of halogens is 1. The lowest BCUT2D eigenvalue weighted by molar-refractivity contribution is -0.113. The fraction of sp³-hybridized carbons (Fsp3) is 0.200. The van der Waals surface area contributed by atoms with Gasteiger partial charge >= 0.3 is 0 Å². The zero-order valence-electron chi connectivity index (χ0n) is 12.2. The fourth-order valence-corrected chi connectivity index (χ4v) is 3.87. The molecule has 0 amide bonds. The molecular formula is C15H14ClNO5S. The van der Waals surface area contributed by atoms with Gasteiger partial charge in [-0.25, -0.2) is 13.1 Å². The first kappa shape index (κ1) is 17.4. The molecule has 8 heteroatoms. The van der Waals surface area contributed by atoms with Crippen LogP contribution < -0.4 is 9.46 Å². The number of carbonyl (C=O) groups excluding carboxylic acids is 2. The third kappa shape index (κ3) is 3.52. The first-order valence-corrected chi connectivity index (χ1v) is 8.47. The number of hydrogen-bond acceptors (Lipinski definition) is 5. The van der Waals surface area contributed by atoms with E-state index in [-0.39, 0.29) is 11.3 Å². The fourth-order valence-electron chi connectivity index (χ4n) is 2.16. The highest BCUT2D eigenvalue weighted by Gasteiger charge is 2.22. The van der Waals surface area contributed by atoms with E-state index in [1.807, 2.05) is 0 Å². The normalized spacial score (nSPS) is 12.8. The first-order valence-electron chi connectivity index (χ1n) is 6.61. The van der Waals surface area contributed by atoms with Gasteiger partial charge in [-0.05, 0) is 18.2 Å². The monoisotopic (exact) mass is 355 g/mol. The van der Waals surface area contributed by atoms with Crippen LogP contribution >= 0.6 is 11.6 Å². The standard InChI is InChI=1S/C15H14ClNO5S/c1-22-13-6-5-11-12(15(13)16)3-2-4-14(11)23(20,21)17-10(9-19)7-8-18/h2-6,8-10,17H,7H2,1H3/t10-/m0/s1. The molecule has 0 aliphatic carbocycles. The van der Waals surface area contributed by atoms with E-state index in [4.69, 9.17) is 16.3 Å². The molecule has 23 heavy (non-hydrogen) atoms. The summed E-state index contributed by atoms with van der Waals surface area (Å²) in [5.41, 5.74) is 0. The van der Waals surface area contributed by atoms with Gasteiger partial charge in [0.2, 0.25) is 10.0 Å². The smallest absolute Gasteiger partial charge is 0.241 e. The van der Waals surface area contributed by atoms with Gasteiger partial charge in [0.1, 0.15) is 18.3 Å². The van der Waals surface area contributed by atoms with E-state index in [1.54, 1.807) is 18.2 Å². The molecule has 0 unspecified atom stereocenters. The van der Waals surface area contributed by atoms with Crippen LogP contribution in [0, 0.1) is 0 Å². The molecule has 0 saturated carbocycles. The van der Waals surface area contributed by atoms with Crippen LogP contribution in [0.15, 0.2) is 35.2 Å². The molecule has 0 saturated heterocycles. The first-order chi connectivity index (χ1) is 10.9. The van der Waals surface area contributed by atoms with E-state index in [9.17, 15) is 18.0 Å². The predicted molar refractivity (Wildman–Crippen MR) is 86.4 cm³/mol. The topological polar surface area (TPSA) is 89.5 Å². The van der Waals surface area contributed by atoms with Crippen molar-refractivity contribution in [1.29, 1.82) is 0 Å². The summed E-state index contributed by atoms with van der Waals surface area (Å²) in [6.07, 6.45) is 0.627. The Morgan fingerprint density at radius 2 is 1.96 bits per heavy atom. The minimum atomic E-state index is -4.00.